The maximum Gasteiger partial charge on any atom is 0.312 e. The zero-order valence-electron chi connectivity index (χ0n) is 9.91. The standard InChI is InChI=1S/C13H16N2O3/c14-13(18)15-12(9-17)7-6-11(8-16)10-4-2-1-3-5-10/h1-5,8-9,11-12H,6-7H2,(H3,14,15,18). The lowest BCUT2D eigenvalue weighted by Crippen LogP contribution is -2.39. The highest BCUT2D eigenvalue weighted by Crippen LogP contribution is 2.19. The van der Waals surface area contributed by atoms with Gasteiger partial charge in [-0.15, -0.1) is 0 Å². The van der Waals surface area contributed by atoms with E-state index in [0.29, 0.717) is 19.1 Å². The van der Waals surface area contributed by atoms with Gasteiger partial charge in [0.05, 0.1) is 6.04 Å². The van der Waals surface area contributed by atoms with Crippen molar-refractivity contribution in [3.05, 3.63) is 35.9 Å². The largest absolute Gasteiger partial charge is 0.352 e. The molecule has 2 atom stereocenters. The third-order valence-corrected chi connectivity index (χ3v) is 2.67. The van der Waals surface area contributed by atoms with Crippen molar-refractivity contribution in [2.75, 3.05) is 0 Å². The van der Waals surface area contributed by atoms with Gasteiger partial charge in [0.1, 0.15) is 12.6 Å². The number of nitrogens with one attached hydrogen (secondary N) is 1. The van der Waals surface area contributed by atoms with E-state index in [9.17, 15) is 14.4 Å². The number of benzene rings is 1. The molecular formula is C13H16N2O3. The minimum atomic E-state index is -0.741. The van der Waals surface area contributed by atoms with Gasteiger partial charge in [0, 0.05) is 5.92 Å². The average molecular weight is 248 g/mol. The van der Waals surface area contributed by atoms with Crippen LogP contribution in [-0.4, -0.2) is 24.6 Å². The van der Waals surface area contributed by atoms with Crippen LogP contribution in [0.15, 0.2) is 30.3 Å². The maximum absolute atomic E-state index is 11.0. The van der Waals surface area contributed by atoms with Crippen LogP contribution in [0.25, 0.3) is 0 Å². The predicted molar refractivity (Wildman–Crippen MR) is 67.1 cm³/mol. The van der Waals surface area contributed by atoms with Crippen LogP contribution in [-0.2, 0) is 9.59 Å². The Bertz CT molecular complexity index is 406. The molecule has 0 fully saturated rings. The maximum atomic E-state index is 11.0. The zero-order chi connectivity index (χ0) is 13.4. The van der Waals surface area contributed by atoms with Crippen molar-refractivity contribution < 1.29 is 14.4 Å². The summed E-state index contributed by atoms with van der Waals surface area (Å²) in [6.07, 6.45) is 2.33. The average Bonchev–Trinajstić information content (AvgIpc) is 2.39. The van der Waals surface area contributed by atoms with E-state index < -0.39 is 12.1 Å². The second-order valence-electron chi connectivity index (χ2n) is 3.98. The molecule has 5 nitrogen and oxygen atoms in total. The quantitative estimate of drug-likeness (QED) is 0.705. The van der Waals surface area contributed by atoms with E-state index in [2.05, 4.69) is 5.32 Å². The fourth-order valence-electron chi connectivity index (χ4n) is 1.73. The summed E-state index contributed by atoms with van der Waals surface area (Å²) in [5.74, 6) is -0.275. The molecule has 1 rings (SSSR count). The van der Waals surface area contributed by atoms with Crippen LogP contribution in [0.5, 0.6) is 0 Å². The molecular weight excluding hydrogens is 232 g/mol. The first kappa shape index (κ1) is 13.9. The molecule has 18 heavy (non-hydrogen) atoms. The summed E-state index contributed by atoms with van der Waals surface area (Å²) in [7, 11) is 0. The van der Waals surface area contributed by atoms with Crippen LogP contribution in [0.4, 0.5) is 4.79 Å². The molecule has 0 saturated carbocycles. The number of nitrogens with two attached hydrogens (primary N) is 1. The van der Waals surface area contributed by atoms with Crippen LogP contribution < -0.4 is 11.1 Å². The van der Waals surface area contributed by atoms with Crippen molar-refractivity contribution in [2.45, 2.75) is 24.8 Å². The van der Waals surface area contributed by atoms with Crippen molar-refractivity contribution in [2.24, 2.45) is 5.73 Å². The Hall–Kier alpha value is -2.17. The third kappa shape index (κ3) is 4.37. The highest BCUT2D eigenvalue weighted by atomic mass is 16.2. The first-order chi connectivity index (χ1) is 8.67. The minimum Gasteiger partial charge on any atom is -0.352 e. The number of hydrogen-bond donors (Lipinski definition) is 2. The van der Waals surface area contributed by atoms with Gasteiger partial charge in [0.2, 0.25) is 0 Å². The van der Waals surface area contributed by atoms with E-state index in [1.165, 1.54) is 0 Å². The summed E-state index contributed by atoms with van der Waals surface area (Å²) in [6.45, 7) is 0. The van der Waals surface area contributed by atoms with E-state index in [1.807, 2.05) is 30.3 Å². The monoisotopic (exact) mass is 248 g/mol. The Morgan fingerprint density at radius 2 is 1.83 bits per heavy atom. The predicted octanol–water partition coefficient (Wildman–Crippen LogP) is 0.985. The van der Waals surface area contributed by atoms with Gasteiger partial charge in [-0.2, -0.15) is 0 Å². The number of amides is 2. The van der Waals surface area contributed by atoms with E-state index in [-0.39, 0.29) is 5.92 Å². The van der Waals surface area contributed by atoms with Crippen molar-refractivity contribution in [1.82, 2.24) is 5.32 Å². The lowest BCUT2D eigenvalue weighted by Gasteiger charge is -2.14. The fraction of sp³-hybridized carbons (Fsp3) is 0.308. The number of rotatable bonds is 7. The first-order valence-corrected chi connectivity index (χ1v) is 5.69. The molecule has 0 heterocycles. The molecule has 0 aliphatic rings. The van der Waals surface area contributed by atoms with Gasteiger partial charge in [-0.3, -0.25) is 0 Å². The molecule has 0 spiro atoms. The molecule has 96 valence electrons. The van der Waals surface area contributed by atoms with Crippen LogP contribution in [0.3, 0.4) is 0 Å². The lowest BCUT2D eigenvalue weighted by atomic mass is 9.94. The molecule has 0 aromatic heterocycles. The molecule has 0 saturated heterocycles. The molecule has 0 bridgehead atoms. The Labute approximate surface area is 105 Å². The SMILES string of the molecule is NC(=O)NC(C=O)CCC(C=O)c1ccccc1. The molecule has 0 aliphatic heterocycles. The Morgan fingerprint density at radius 3 is 2.33 bits per heavy atom. The normalized spacial score (nSPS) is 13.3. The topological polar surface area (TPSA) is 89.3 Å². The van der Waals surface area contributed by atoms with E-state index in [4.69, 9.17) is 5.73 Å². The summed E-state index contributed by atoms with van der Waals surface area (Å²) in [5, 5.41) is 2.32. The molecule has 0 radical (unpaired) electrons. The second kappa shape index (κ2) is 7.21. The van der Waals surface area contributed by atoms with Gasteiger partial charge in [-0.25, -0.2) is 4.79 Å². The number of urea groups is 1. The molecule has 3 N–H and O–H groups in total. The highest BCUT2D eigenvalue weighted by molar-refractivity contribution is 5.76. The Morgan fingerprint density at radius 1 is 1.17 bits per heavy atom. The molecule has 2 unspecified atom stereocenters. The summed E-state index contributed by atoms with van der Waals surface area (Å²) in [6, 6.07) is 7.90. The van der Waals surface area contributed by atoms with Crippen LogP contribution in [0, 0.1) is 0 Å². The minimum absolute atomic E-state index is 0.275. The van der Waals surface area contributed by atoms with Crippen molar-refractivity contribution in [3.8, 4) is 0 Å². The van der Waals surface area contributed by atoms with E-state index in [1.54, 1.807) is 0 Å². The van der Waals surface area contributed by atoms with Gasteiger partial charge in [-0.1, -0.05) is 30.3 Å². The van der Waals surface area contributed by atoms with Gasteiger partial charge >= 0.3 is 6.03 Å². The summed E-state index contributed by atoms with van der Waals surface area (Å²) < 4.78 is 0. The third-order valence-electron chi connectivity index (χ3n) is 2.67. The number of primary amides is 1. The van der Waals surface area contributed by atoms with Gasteiger partial charge in [-0.05, 0) is 18.4 Å². The smallest absolute Gasteiger partial charge is 0.312 e. The van der Waals surface area contributed by atoms with Gasteiger partial charge < -0.3 is 20.6 Å². The Balaban J connectivity index is 2.56. The van der Waals surface area contributed by atoms with Crippen LogP contribution in [0.2, 0.25) is 0 Å². The summed E-state index contributed by atoms with van der Waals surface area (Å²) in [4.78, 5) is 32.4. The van der Waals surface area contributed by atoms with E-state index >= 15 is 0 Å². The Kier molecular flexibility index (Phi) is 5.57. The molecule has 1 aromatic rings. The van der Waals surface area contributed by atoms with E-state index in [0.717, 1.165) is 11.8 Å². The number of carbonyl (C=O) groups is 3. The first-order valence-electron chi connectivity index (χ1n) is 5.69. The highest BCUT2D eigenvalue weighted by Gasteiger charge is 2.14. The molecule has 5 heteroatoms. The summed E-state index contributed by atoms with van der Waals surface area (Å²) in [5.41, 5.74) is 5.84. The van der Waals surface area contributed by atoms with Crippen molar-refractivity contribution in [1.29, 1.82) is 0 Å². The molecule has 2 amide bonds. The number of hydrogen-bond acceptors (Lipinski definition) is 3. The van der Waals surface area contributed by atoms with Crippen LogP contribution >= 0.6 is 0 Å². The van der Waals surface area contributed by atoms with Crippen molar-refractivity contribution in [3.63, 3.8) is 0 Å². The second-order valence-corrected chi connectivity index (χ2v) is 3.98. The van der Waals surface area contributed by atoms with Crippen LogP contribution in [0.1, 0.15) is 24.3 Å². The summed E-state index contributed by atoms with van der Waals surface area (Å²) >= 11 is 0. The zero-order valence-corrected chi connectivity index (χ0v) is 9.91. The lowest BCUT2D eigenvalue weighted by molar-refractivity contribution is -0.111. The molecule has 0 aliphatic carbocycles. The molecule has 1 aromatic carbocycles. The van der Waals surface area contributed by atoms with Gasteiger partial charge in [0.15, 0.2) is 0 Å². The van der Waals surface area contributed by atoms with Gasteiger partial charge in [0.25, 0.3) is 0 Å². The number of carbonyl (C=O) groups excluding carboxylic acids is 3. The van der Waals surface area contributed by atoms with Crippen molar-refractivity contribution >= 4 is 18.6 Å². The fourth-order valence-corrected chi connectivity index (χ4v) is 1.73. The number of aldehydes is 2.